The molecule has 3 rings (SSSR count). The van der Waals surface area contributed by atoms with Crippen LogP contribution in [0.1, 0.15) is 50.0 Å². The quantitative estimate of drug-likeness (QED) is 0.916. The summed E-state index contributed by atoms with van der Waals surface area (Å²) in [4.78, 5) is 15.1. The first-order valence-corrected chi connectivity index (χ1v) is 8.59. The van der Waals surface area contributed by atoms with E-state index in [1.807, 2.05) is 7.05 Å². The van der Waals surface area contributed by atoms with Crippen molar-refractivity contribution in [3.05, 3.63) is 18.0 Å². The second kappa shape index (κ2) is 7.67. The Labute approximate surface area is 145 Å². The summed E-state index contributed by atoms with van der Waals surface area (Å²) in [6.07, 6.45) is 7.05. The van der Waals surface area contributed by atoms with Crippen molar-refractivity contribution < 1.29 is 4.79 Å². The van der Waals surface area contributed by atoms with Gasteiger partial charge in [0.2, 0.25) is 0 Å². The summed E-state index contributed by atoms with van der Waals surface area (Å²) < 4.78 is 1.64. The lowest BCUT2D eigenvalue weighted by Gasteiger charge is -2.23. The molecule has 1 aromatic rings. The van der Waals surface area contributed by atoms with Gasteiger partial charge in [0.05, 0.1) is 0 Å². The average molecular weight is 341 g/mol. The number of hydrogen-bond acceptors (Lipinski definition) is 3. The lowest BCUT2D eigenvalue weighted by Crippen LogP contribution is -2.43. The molecule has 2 aliphatic rings. The highest BCUT2D eigenvalue weighted by Gasteiger charge is 2.39. The Morgan fingerprint density at radius 1 is 1.30 bits per heavy atom. The number of hydrogen-bond donors (Lipinski definition) is 1. The van der Waals surface area contributed by atoms with Crippen LogP contribution in [-0.4, -0.2) is 45.8 Å². The van der Waals surface area contributed by atoms with Gasteiger partial charge < -0.3 is 5.32 Å². The van der Waals surface area contributed by atoms with Gasteiger partial charge in [-0.25, -0.2) is 0 Å². The molecule has 1 saturated carbocycles. The van der Waals surface area contributed by atoms with Gasteiger partial charge >= 0.3 is 0 Å². The van der Waals surface area contributed by atoms with Crippen LogP contribution in [0.3, 0.4) is 0 Å². The maximum Gasteiger partial charge on any atom is 0.269 e. The summed E-state index contributed by atoms with van der Waals surface area (Å²) in [6, 6.07) is 2.77. The first-order valence-electron chi connectivity index (χ1n) is 8.59. The smallest absolute Gasteiger partial charge is 0.269 e. The second-order valence-corrected chi connectivity index (χ2v) is 7.22. The third-order valence-electron chi connectivity index (χ3n) is 5.46. The first kappa shape index (κ1) is 18.3. The van der Waals surface area contributed by atoms with Gasteiger partial charge in [-0.1, -0.05) is 26.7 Å². The maximum absolute atomic E-state index is 12.5. The van der Waals surface area contributed by atoms with Crippen LogP contribution in [-0.2, 0) is 7.05 Å². The van der Waals surface area contributed by atoms with E-state index in [4.69, 9.17) is 0 Å². The van der Waals surface area contributed by atoms with E-state index in [0.29, 0.717) is 17.5 Å². The number of carbonyl (C=O) groups excluding carboxylic acids is 1. The molecule has 0 radical (unpaired) electrons. The summed E-state index contributed by atoms with van der Waals surface area (Å²) in [5.74, 6) is 1.13. The van der Waals surface area contributed by atoms with Crippen molar-refractivity contribution in [3.8, 4) is 0 Å². The number of halogens is 1. The molecule has 0 bridgehead atoms. The number of carbonyl (C=O) groups is 1. The molecule has 130 valence electrons. The van der Waals surface area contributed by atoms with E-state index >= 15 is 0 Å². The normalized spacial score (nSPS) is 25.7. The molecule has 1 saturated heterocycles. The maximum atomic E-state index is 12.5. The largest absolute Gasteiger partial charge is 0.346 e. The summed E-state index contributed by atoms with van der Waals surface area (Å²) >= 11 is 0. The van der Waals surface area contributed by atoms with Crippen LogP contribution in [0, 0.1) is 11.8 Å². The number of nitrogens with zero attached hydrogens (tertiary/aromatic N) is 3. The van der Waals surface area contributed by atoms with Crippen LogP contribution in [0.25, 0.3) is 0 Å². The molecule has 2 heterocycles. The van der Waals surface area contributed by atoms with Gasteiger partial charge in [0.25, 0.3) is 5.91 Å². The van der Waals surface area contributed by atoms with Gasteiger partial charge in [-0.3, -0.25) is 14.4 Å². The fourth-order valence-corrected chi connectivity index (χ4v) is 4.10. The minimum atomic E-state index is 0. The Hall–Kier alpha value is -1.07. The summed E-state index contributed by atoms with van der Waals surface area (Å²) in [5.41, 5.74) is 0.641. The van der Waals surface area contributed by atoms with Crippen LogP contribution < -0.4 is 5.32 Å². The zero-order valence-corrected chi connectivity index (χ0v) is 15.2. The predicted molar refractivity (Wildman–Crippen MR) is 93.9 cm³/mol. The van der Waals surface area contributed by atoms with Gasteiger partial charge in [-0.15, -0.1) is 12.4 Å². The molecule has 1 aliphatic carbocycles. The molecule has 0 aromatic carbocycles. The molecule has 1 aliphatic heterocycles. The Morgan fingerprint density at radius 2 is 2.00 bits per heavy atom. The third-order valence-corrected chi connectivity index (χ3v) is 5.46. The van der Waals surface area contributed by atoms with Crippen molar-refractivity contribution in [2.24, 2.45) is 18.9 Å². The van der Waals surface area contributed by atoms with Crippen LogP contribution in [0.2, 0.25) is 0 Å². The van der Waals surface area contributed by atoms with Crippen LogP contribution in [0.15, 0.2) is 12.3 Å². The van der Waals surface area contributed by atoms with Crippen molar-refractivity contribution in [2.45, 2.75) is 51.6 Å². The lowest BCUT2D eigenvalue weighted by molar-refractivity contribution is 0.0915. The molecule has 1 N–H and O–H groups in total. The van der Waals surface area contributed by atoms with Gasteiger partial charge in [-0.2, -0.15) is 5.10 Å². The fourth-order valence-electron chi connectivity index (χ4n) is 4.10. The Morgan fingerprint density at radius 3 is 2.57 bits per heavy atom. The minimum absolute atomic E-state index is 0. The molecule has 1 amide bonds. The number of aromatic nitrogens is 2. The highest BCUT2D eigenvalue weighted by atomic mass is 35.5. The molecule has 2 fully saturated rings. The summed E-state index contributed by atoms with van der Waals surface area (Å²) in [7, 11) is 1.81. The second-order valence-electron chi connectivity index (χ2n) is 7.22. The fraction of sp³-hybridized carbons (Fsp3) is 0.765. The highest BCUT2D eigenvalue weighted by Crippen LogP contribution is 2.31. The number of aryl methyl sites for hydroxylation is 1. The summed E-state index contributed by atoms with van der Waals surface area (Å²) in [5, 5.41) is 7.36. The van der Waals surface area contributed by atoms with E-state index < -0.39 is 0 Å². The summed E-state index contributed by atoms with van der Waals surface area (Å²) in [6.45, 7) is 6.66. The molecule has 1 aromatic heterocycles. The van der Waals surface area contributed by atoms with Gasteiger partial charge in [0, 0.05) is 38.4 Å². The van der Waals surface area contributed by atoms with Crippen molar-refractivity contribution in [1.29, 1.82) is 0 Å². The monoisotopic (exact) mass is 340 g/mol. The molecule has 5 nitrogen and oxygen atoms in total. The Kier molecular flexibility index (Phi) is 6.09. The number of nitrogens with one attached hydrogen (secondary N) is 1. The Balaban J connectivity index is 0.00000192. The SMILES string of the molecule is CC(C)[C@H]1CN(C2CCCC2)C[C@@H]1NC(=O)c1ccnn1C.Cl. The van der Waals surface area contributed by atoms with Crippen molar-refractivity contribution >= 4 is 18.3 Å². The molecule has 0 spiro atoms. The minimum Gasteiger partial charge on any atom is -0.346 e. The van der Waals surface area contributed by atoms with Crippen LogP contribution >= 0.6 is 12.4 Å². The van der Waals surface area contributed by atoms with E-state index in [-0.39, 0.29) is 24.4 Å². The van der Waals surface area contributed by atoms with Crippen LogP contribution in [0.5, 0.6) is 0 Å². The molecular formula is C17H29ClN4O. The van der Waals surface area contributed by atoms with Crippen molar-refractivity contribution in [1.82, 2.24) is 20.0 Å². The van der Waals surface area contributed by atoms with Gasteiger partial charge in [0.15, 0.2) is 0 Å². The molecule has 23 heavy (non-hydrogen) atoms. The number of likely N-dealkylation sites (tertiary alicyclic amines) is 1. The predicted octanol–water partition coefficient (Wildman–Crippen LogP) is 2.47. The zero-order valence-electron chi connectivity index (χ0n) is 14.4. The zero-order chi connectivity index (χ0) is 15.7. The average Bonchev–Trinajstić information content (AvgIpc) is 3.16. The molecule has 0 unspecified atom stereocenters. The van der Waals surface area contributed by atoms with E-state index in [9.17, 15) is 4.79 Å². The van der Waals surface area contributed by atoms with Gasteiger partial charge in [0.1, 0.15) is 5.69 Å². The molecule has 2 atom stereocenters. The third kappa shape index (κ3) is 3.89. The molecule has 6 heteroatoms. The van der Waals surface area contributed by atoms with E-state index in [0.717, 1.165) is 19.1 Å². The van der Waals surface area contributed by atoms with Crippen LogP contribution in [0.4, 0.5) is 0 Å². The van der Waals surface area contributed by atoms with Gasteiger partial charge in [-0.05, 0) is 30.7 Å². The lowest BCUT2D eigenvalue weighted by atomic mass is 9.91. The van der Waals surface area contributed by atoms with E-state index in [2.05, 4.69) is 29.2 Å². The van der Waals surface area contributed by atoms with E-state index in [1.54, 1.807) is 16.9 Å². The Bertz CT molecular complexity index is 524. The first-order chi connectivity index (χ1) is 10.6. The molecular weight excluding hydrogens is 312 g/mol. The van der Waals surface area contributed by atoms with Crippen molar-refractivity contribution in [3.63, 3.8) is 0 Å². The standard InChI is InChI=1S/C17H28N4O.ClH/c1-12(2)14-10-21(13-6-4-5-7-13)11-15(14)19-17(22)16-8-9-18-20(16)3;/h8-9,12-15H,4-7,10-11H2,1-3H3,(H,19,22);1H/t14-,15+;/m1./s1. The van der Waals surface area contributed by atoms with E-state index in [1.165, 1.54) is 25.7 Å². The topological polar surface area (TPSA) is 50.2 Å². The van der Waals surface area contributed by atoms with Crippen molar-refractivity contribution in [2.75, 3.05) is 13.1 Å². The number of rotatable bonds is 4. The number of amides is 1. The highest BCUT2D eigenvalue weighted by molar-refractivity contribution is 5.92.